The van der Waals surface area contributed by atoms with Gasteiger partial charge in [-0.2, -0.15) is 0 Å². The second kappa shape index (κ2) is 5.75. The quantitative estimate of drug-likeness (QED) is 0.311. The molecule has 0 spiro atoms. The summed E-state index contributed by atoms with van der Waals surface area (Å²) in [6.07, 6.45) is 5.42. The van der Waals surface area contributed by atoms with E-state index in [0.29, 0.717) is 6.16 Å². The molecule has 0 aromatic carbocycles. The molecule has 0 amide bonds. The van der Waals surface area contributed by atoms with Gasteiger partial charge >= 0.3 is 0 Å². The van der Waals surface area contributed by atoms with Crippen LogP contribution in [0.4, 0.5) is 0 Å². The predicted molar refractivity (Wildman–Crippen MR) is 40.6 cm³/mol. The lowest BCUT2D eigenvalue weighted by atomic mass is 10.5. The Morgan fingerprint density at radius 3 is 2.89 bits per heavy atom. The first-order valence-electron chi connectivity index (χ1n) is 2.63. The van der Waals surface area contributed by atoms with Crippen molar-refractivity contribution in [2.75, 3.05) is 19.4 Å². The Kier molecular flexibility index (Phi) is 5.51. The molecule has 0 aliphatic rings. The highest BCUT2D eigenvalue weighted by molar-refractivity contribution is 7.18. The van der Waals surface area contributed by atoms with E-state index in [1.807, 2.05) is 0 Å². The molecule has 0 rings (SSSR count). The van der Waals surface area contributed by atoms with E-state index in [4.69, 9.17) is 11.2 Å². The number of ketones is 1. The van der Waals surface area contributed by atoms with Crippen molar-refractivity contribution in [3.63, 3.8) is 0 Å². The van der Waals surface area contributed by atoms with Gasteiger partial charge in [0, 0.05) is 0 Å². The van der Waals surface area contributed by atoms with Crippen LogP contribution >= 0.6 is 9.24 Å². The zero-order valence-corrected chi connectivity index (χ0v) is 6.64. The van der Waals surface area contributed by atoms with Gasteiger partial charge in [0.1, 0.15) is 19.4 Å². The van der Waals surface area contributed by atoms with Gasteiger partial charge in [-0.3, -0.25) is 4.79 Å². The number of hydrogen-bond acceptors (Lipinski definition) is 2. The molecule has 50 valence electrons. The van der Waals surface area contributed by atoms with Crippen LogP contribution in [0.3, 0.4) is 0 Å². The summed E-state index contributed by atoms with van der Waals surface area (Å²) in [5.41, 5.74) is 0. The van der Waals surface area contributed by atoms with E-state index in [9.17, 15) is 4.79 Å². The van der Waals surface area contributed by atoms with Gasteiger partial charge in [-0.25, -0.2) is 0 Å². The third kappa shape index (κ3) is 5.49. The average Bonchev–Trinajstić information content (AvgIpc) is 1.89. The second-order valence-electron chi connectivity index (χ2n) is 1.49. The standard InChI is InChI=1S/C6H9O2P/c1-2-3-8-4-6(7)5-9/h1H,3-5,9H2/p+1. The summed E-state index contributed by atoms with van der Waals surface area (Å²) in [5.74, 6) is 2.38. The number of hydrogen-bond donors (Lipinski definition) is 0. The van der Waals surface area contributed by atoms with Gasteiger partial charge in [0.25, 0.3) is 0 Å². The minimum Gasteiger partial charge on any atom is -0.361 e. The first-order valence-corrected chi connectivity index (χ1v) is 3.63. The molecule has 0 N–H and O–H groups in total. The summed E-state index contributed by atoms with van der Waals surface area (Å²) in [6.45, 7) is 0.391. The molecule has 0 aromatic heterocycles. The maximum atomic E-state index is 10.5. The van der Waals surface area contributed by atoms with Crippen molar-refractivity contribution in [1.29, 1.82) is 0 Å². The van der Waals surface area contributed by atoms with Crippen LogP contribution in [0.1, 0.15) is 0 Å². The number of carbonyl (C=O) groups is 1. The van der Waals surface area contributed by atoms with Gasteiger partial charge in [-0.1, -0.05) is 5.92 Å². The van der Waals surface area contributed by atoms with Gasteiger partial charge in [0.05, 0.1) is 0 Å². The van der Waals surface area contributed by atoms with Gasteiger partial charge in [0.2, 0.25) is 0 Å². The second-order valence-corrected chi connectivity index (χ2v) is 1.99. The van der Waals surface area contributed by atoms with Crippen LogP contribution in [0.2, 0.25) is 0 Å². The van der Waals surface area contributed by atoms with E-state index in [2.05, 4.69) is 5.92 Å². The molecule has 0 heterocycles. The van der Waals surface area contributed by atoms with Crippen LogP contribution in [-0.2, 0) is 9.53 Å². The van der Waals surface area contributed by atoms with Crippen LogP contribution < -0.4 is 0 Å². The fourth-order valence-electron chi connectivity index (χ4n) is 0.296. The Bertz CT molecular complexity index is 126. The summed E-state index contributed by atoms with van der Waals surface area (Å²) < 4.78 is 4.75. The third-order valence-electron chi connectivity index (χ3n) is 0.727. The molecule has 1 atom stereocenters. The van der Waals surface area contributed by atoms with E-state index >= 15 is 0 Å². The van der Waals surface area contributed by atoms with Crippen molar-refractivity contribution in [2.24, 2.45) is 0 Å². The van der Waals surface area contributed by atoms with Crippen LogP contribution in [0, 0.1) is 12.3 Å². The Morgan fingerprint density at radius 2 is 2.44 bits per heavy atom. The summed E-state index contributed by atoms with van der Waals surface area (Å²) in [4.78, 5) is 10.5. The highest BCUT2D eigenvalue weighted by atomic mass is 31.0. The molecule has 1 unspecified atom stereocenters. The van der Waals surface area contributed by atoms with E-state index in [1.54, 1.807) is 9.24 Å². The third-order valence-corrected chi connectivity index (χ3v) is 1.28. The molecule has 0 aliphatic heterocycles. The number of rotatable bonds is 4. The minimum atomic E-state index is 0.101. The predicted octanol–water partition coefficient (Wildman–Crippen LogP) is -0.187. The minimum absolute atomic E-state index is 0.101. The molecule has 0 aliphatic carbocycles. The molecule has 3 heteroatoms. The lowest BCUT2D eigenvalue weighted by Crippen LogP contribution is -2.09. The van der Waals surface area contributed by atoms with Crippen molar-refractivity contribution < 1.29 is 9.53 Å². The van der Waals surface area contributed by atoms with Crippen molar-refractivity contribution in [3.05, 3.63) is 0 Å². The van der Waals surface area contributed by atoms with Crippen molar-refractivity contribution in [2.45, 2.75) is 0 Å². The molecule has 0 radical (unpaired) electrons. The van der Waals surface area contributed by atoms with Gasteiger partial charge in [-0.15, -0.1) is 6.42 Å². The fourth-order valence-corrected chi connectivity index (χ4v) is 0.440. The largest absolute Gasteiger partial charge is 0.361 e. The number of terminal acetylenes is 1. The van der Waals surface area contributed by atoms with E-state index < -0.39 is 0 Å². The first kappa shape index (κ1) is 8.62. The molecule has 0 aromatic rings. The summed E-state index contributed by atoms with van der Waals surface area (Å²) in [6, 6.07) is 0. The Hall–Kier alpha value is -0.380. The Labute approximate surface area is 57.2 Å². The molecule has 9 heavy (non-hydrogen) atoms. The van der Waals surface area contributed by atoms with Crippen molar-refractivity contribution in [3.8, 4) is 12.3 Å². The highest BCUT2D eigenvalue weighted by Crippen LogP contribution is 1.83. The number of Topliss-reactive ketones (excluding diaryl/α,β-unsaturated/α-hetero) is 1. The smallest absolute Gasteiger partial charge is 0.194 e. The molecule has 2 nitrogen and oxygen atoms in total. The van der Waals surface area contributed by atoms with Crippen LogP contribution in [0.5, 0.6) is 0 Å². The lowest BCUT2D eigenvalue weighted by Gasteiger charge is -1.92. The topological polar surface area (TPSA) is 26.3 Å². The maximum Gasteiger partial charge on any atom is 0.194 e. The summed E-state index contributed by atoms with van der Waals surface area (Å²) in [5, 5.41) is 0. The summed E-state index contributed by atoms with van der Waals surface area (Å²) in [7, 11) is 1.62. The summed E-state index contributed by atoms with van der Waals surface area (Å²) >= 11 is 0. The van der Waals surface area contributed by atoms with Crippen LogP contribution in [0.25, 0.3) is 0 Å². The number of ether oxygens (including phenoxy) is 1. The van der Waals surface area contributed by atoms with Gasteiger partial charge < -0.3 is 4.74 Å². The molecule has 0 bridgehead atoms. The zero-order valence-electron chi connectivity index (χ0n) is 5.22. The lowest BCUT2D eigenvalue weighted by molar-refractivity contribution is -0.120. The van der Waals surface area contributed by atoms with Gasteiger partial charge in [-0.05, 0) is 9.24 Å². The molecule has 0 saturated heterocycles. The maximum absolute atomic E-state index is 10.5. The zero-order chi connectivity index (χ0) is 7.11. The van der Waals surface area contributed by atoms with Crippen LogP contribution in [0.15, 0.2) is 0 Å². The Morgan fingerprint density at radius 1 is 1.78 bits per heavy atom. The number of carbonyl (C=O) groups excluding carboxylic acids is 1. The molecular formula is C6H10O2P+. The van der Waals surface area contributed by atoms with Crippen LogP contribution in [-0.4, -0.2) is 25.2 Å². The van der Waals surface area contributed by atoms with E-state index in [1.165, 1.54) is 0 Å². The normalized spacial score (nSPS) is 8.78. The highest BCUT2D eigenvalue weighted by Gasteiger charge is 1.97. The van der Waals surface area contributed by atoms with E-state index in [-0.39, 0.29) is 19.0 Å². The molecule has 0 fully saturated rings. The average molecular weight is 145 g/mol. The monoisotopic (exact) mass is 145 g/mol. The van der Waals surface area contributed by atoms with E-state index in [0.717, 1.165) is 0 Å². The SMILES string of the molecule is C#CCOCC(=O)C[PH3+]. The Balaban J connectivity index is 3.09. The van der Waals surface area contributed by atoms with Gasteiger partial charge in [0.15, 0.2) is 5.78 Å². The molecular weight excluding hydrogens is 135 g/mol. The van der Waals surface area contributed by atoms with Crippen molar-refractivity contribution in [1.82, 2.24) is 0 Å². The van der Waals surface area contributed by atoms with Crippen molar-refractivity contribution >= 4 is 15.0 Å². The molecule has 0 saturated carbocycles. The fraction of sp³-hybridized carbons (Fsp3) is 0.500. The first-order chi connectivity index (χ1) is 4.31.